The highest BCUT2D eigenvalue weighted by Crippen LogP contribution is 2.42. The first-order valence-electron chi connectivity index (χ1n) is 7.81. The van der Waals surface area contributed by atoms with Gasteiger partial charge in [-0.3, -0.25) is 0 Å². The fraction of sp³-hybridized carbons (Fsp3) is 0.647. The molecule has 1 aliphatic carbocycles. The summed E-state index contributed by atoms with van der Waals surface area (Å²) in [5.74, 6) is 0.326. The number of halogens is 1. The number of benzene rings is 1. The minimum Gasteiger partial charge on any atom is -0.375 e. The van der Waals surface area contributed by atoms with Crippen molar-refractivity contribution in [3.05, 3.63) is 35.6 Å². The van der Waals surface area contributed by atoms with Gasteiger partial charge in [-0.15, -0.1) is 0 Å². The lowest BCUT2D eigenvalue weighted by atomic mass is 9.79. The third kappa shape index (κ3) is 2.89. The topological polar surface area (TPSA) is 35.2 Å². The van der Waals surface area contributed by atoms with Gasteiger partial charge in [0.2, 0.25) is 0 Å². The number of nitrogens with two attached hydrogens (primary N) is 1. The third-order valence-electron chi connectivity index (χ3n) is 5.06. The van der Waals surface area contributed by atoms with Gasteiger partial charge in [0.05, 0.1) is 5.60 Å². The summed E-state index contributed by atoms with van der Waals surface area (Å²) < 4.78 is 19.8. The minimum absolute atomic E-state index is 0.0354. The molecular weight excluding hydrogens is 253 g/mol. The molecule has 0 radical (unpaired) electrons. The SMILES string of the molecule is NC(Cc1ccccc1F)C1CCOC2(CCCC2)C1. The highest BCUT2D eigenvalue weighted by molar-refractivity contribution is 5.18. The third-order valence-corrected chi connectivity index (χ3v) is 5.06. The van der Waals surface area contributed by atoms with Crippen molar-refractivity contribution in [2.24, 2.45) is 11.7 Å². The molecule has 2 aliphatic rings. The molecule has 3 rings (SSSR count). The number of ether oxygens (including phenoxy) is 1. The zero-order valence-electron chi connectivity index (χ0n) is 12.0. The van der Waals surface area contributed by atoms with Crippen LogP contribution in [0.2, 0.25) is 0 Å². The van der Waals surface area contributed by atoms with Gasteiger partial charge >= 0.3 is 0 Å². The zero-order chi connectivity index (χ0) is 14.0. The van der Waals surface area contributed by atoms with Gasteiger partial charge in [0.25, 0.3) is 0 Å². The molecule has 0 bridgehead atoms. The summed E-state index contributed by atoms with van der Waals surface area (Å²) in [5.41, 5.74) is 7.21. The molecule has 1 aromatic rings. The second kappa shape index (κ2) is 5.82. The number of hydrogen-bond acceptors (Lipinski definition) is 2. The van der Waals surface area contributed by atoms with Gasteiger partial charge in [-0.05, 0) is 49.7 Å². The zero-order valence-corrected chi connectivity index (χ0v) is 12.0. The van der Waals surface area contributed by atoms with Crippen LogP contribution in [-0.4, -0.2) is 18.2 Å². The van der Waals surface area contributed by atoms with E-state index in [1.54, 1.807) is 6.07 Å². The largest absolute Gasteiger partial charge is 0.375 e. The first kappa shape index (κ1) is 14.0. The summed E-state index contributed by atoms with van der Waals surface area (Å²) in [4.78, 5) is 0. The molecule has 1 heterocycles. The van der Waals surface area contributed by atoms with Crippen molar-refractivity contribution in [2.75, 3.05) is 6.61 Å². The molecule has 2 fully saturated rings. The molecule has 3 heteroatoms. The van der Waals surface area contributed by atoms with E-state index in [9.17, 15) is 4.39 Å². The summed E-state index contributed by atoms with van der Waals surface area (Å²) >= 11 is 0. The quantitative estimate of drug-likeness (QED) is 0.918. The fourth-order valence-electron chi connectivity index (χ4n) is 3.88. The Morgan fingerprint density at radius 3 is 2.80 bits per heavy atom. The van der Waals surface area contributed by atoms with E-state index < -0.39 is 0 Å². The molecule has 1 spiro atoms. The van der Waals surface area contributed by atoms with Crippen molar-refractivity contribution in [1.29, 1.82) is 0 Å². The van der Waals surface area contributed by atoms with Gasteiger partial charge in [0.15, 0.2) is 0 Å². The minimum atomic E-state index is -0.134. The molecule has 1 saturated carbocycles. The van der Waals surface area contributed by atoms with E-state index in [1.165, 1.54) is 31.7 Å². The smallest absolute Gasteiger partial charge is 0.126 e. The van der Waals surface area contributed by atoms with Crippen molar-refractivity contribution in [3.63, 3.8) is 0 Å². The summed E-state index contributed by atoms with van der Waals surface area (Å²) in [7, 11) is 0. The van der Waals surface area contributed by atoms with Crippen LogP contribution in [0.5, 0.6) is 0 Å². The Bertz CT molecular complexity index is 456. The summed E-state index contributed by atoms with van der Waals surface area (Å²) in [6, 6.07) is 7.01. The standard InChI is InChI=1S/C17H24FNO/c18-15-6-2-1-5-13(15)11-16(19)14-7-10-20-17(12-14)8-3-4-9-17/h1-2,5-6,14,16H,3-4,7-12,19H2. The van der Waals surface area contributed by atoms with Crippen molar-refractivity contribution in [2.45, 2.75) is 56.6 Å². The Labute approximate surface area is 120 Å². The molecule has 110 valence electrons. The van der Waals surface area contributed by atoms with E-state index in [1.807, 2.05) is 12.1 Å². The van der Waals surface area contributed by atoms with Crippen LogP contribution in [0.1, 0.15) is 44.1 Å². The maximum atomic E-state index is 13.7. The van der Waals surface area contributed by atoms with E-state index in [0.29, 0.717) is 12.3 Å². The molecule has 0 aromatic heterocycles. The molecule has 2 atom stereocenters. The second-order valence-electron chi connectivity index (χ2n) is 6.45. The van der Waals surface area contributed by atoms with Gasteiger partial charge in [0.1, 0.15) is 5.82 Å². The Morgan fingerprint density at radius 1 is 1.30 bits per heavy atom. The lowest BCUT2D eigenvalue weighted by molar-refractivity contribution is -0.0961. The Hall–Kier alpha value is -0.930. The van der Waals surface area contributed by atoms with E-state index in [-0.39, 0.29) is 17.5 Å². The molecule has 1 saturated heterocycles. The highest BCUT2D eigenvalue weighted by atomic mass is 19.1. The predicted octanol–water partition coefficient (Wildman–Crippen LogP) is 3.43. The average Bonchev–Trinajstić information content (AvgIpc) is 2.89. The van der Waals surface area contributed by atoms with E-state index in [4.69, 9.17) is 10.5 Å². The molecule has 2 unspecified atom stereocenters. The highest BCUT2D eigenvalue weighted by Gasteiger charge is 2.41. The van der Waals surface area contributed by atoms with E-state index in [0.717, 1.165) is 25.0 Å². The maximum Gasteiger partial charge on any atom is 0.126 e. The van der Waals surface area contributed by atoms with Crippen LogP contribution in [0.3, 0.4) is 0 Å². The molecule has 2 nitrogen and oxygen atoms in total. The normalized spacial score (nSPS) is 26.8. The van der Waals surface area contributed by atoms with Crippen LogP contribution in [0.15, 0.2) is 24.3 Å². The van der Waals surface area contributed by atoms with Crippen LogP contribution in [0.4, 0.5) is 4.39 Å². The van der Waals surface area contributed by atoms with Crippen LogP contribution in [0, 0.1) is 11.7 Å². The van der Waals surface area contributed by atoms with Crippen LogP contribution in [-0.2, 0) is 11.2 Å². The van der Waals surface area contributed by atoms with Crippen LogP contribution in [0.25, 0.3) is 0 Å². The molecule has 2 N–H and O–H groups in total. The van der Waals surface area contributed by atoms with E-state index >= 15 is 0 Å². The lowest BCUT2D eigenvalue weighted by Crippen LogP contribution is -2.44. The van der Waals surface area contributed by atoms with Gasteiger partial charge in [-0.2, -0.15) is 0 Å². The number of hydrogen-bond donors (Lipinski definition) is 1. The number of rotatable bonds is 3. The van der Waals surface area contributed by atoms with Crippen molar-refractivity contribution < 1.29 is 9.13 Å². The monoisotopic (exact) mass is 277 g/mol. The molecular formula is C17H24FNO. The Balaban J connectivity index is 1.65. The molecule has 20 heavy (non-hydrogen) atoms. The first-order valence-corrected chi connectivity index (χ1v) is 7.81. The predicted molar refractivity (Wildman–Crippen MR) is 78.0 cm³/mol. The first-order chi connectivity index (χ1) is 9.69. The van der Waals surface area contributed by atoms with Crippen molar-refractivity contribution in [3.8, 4) is 0 Å². The van der Waals surface area contributed by atoms with Crippen LogP contribution >= 0.6 is 0 Å². The average molecular weight is 277 g/mol. The lowest BCUT2D eigenvalue weighted by Gasteiger charge is -2.40. The van der Waals surface area contributed by atoms with Gasteiger partial charge in [-0.25, -0.2) is 4.39 Å². The van der Waals surface area contributed by atoms with E-state index in [2.05, 4.69) is 0 Å². The maximum absolute atomic E-state index is 13.7. The fourth-order valence-corrected chi connectivity index (χ4v) is 3.88. The van der Waals surface area contributed by atoms with Crippen molar-refractivity contribution >= 4 is 0 Å². The summed E-state index contributed by atoms with van der Waals surface area (Å²) in [6.07, 6.45) is 7.60. The molecule has 0 amide bonds. The molecule has 1 aromatic carbocycles. The second-order valence-corrected chi connectivity index (χ2v) is 6.45. The van der Waals surface area contributed by atoms with Gasteiger partial charge < -0.3 is 10.5 Å². The Kier molecular flexibility index (Phi) is 4.08. The van der Waals surface area contributed by atoms with Crippen LogP contribution < -0.4 is 5.73 Å². The summed E-state index contributed by atoms with van der Waals surface area (Å²) in [6.45, 7) is 0.815. The van der Waals surface area contributed by atoms with Gasteiger partial charge in [-0.1, -0.05) is 31.0 Å². The Morgan fingerprint density at radius 2 is 2.05 bits per heavy atom. The molecule has 1 aliphatic heterocycles. The summed E-state index contributed by atoms with van der Waals surface area (Å²) in [5, 5.41) is 0. The van der Waals surface area contributed by atoms with Crippen molar-refractivity contribution in [1.82, 2.24) is 0 Å². The van der Waals surface area contributed by atoms with Gasteiger partial charge in [0, 0.05) is 12.6 Å².